The summed E-state index contributed by atoms with van der Waals surface area (Å²) < 4.78 is 5.12. The van der Waals surface area contributed by atoms with Gasteiger partial charge in [0, 0.05) is 31.6 Å². The quantitative estimate of drug-likeness (QED) is 0.837. The van der Waals surface area contributed by atoms with Crippen LogP contribution in [-0.4, -0.2) is 46.4 Å². The molecule has 1 aliphatic carbocycles. The third kappa shape index (κ3) is 2.66. The molecule has 1 aliphatic heterocycles. The molecule has 2 heterocycles. The summed E-state index contributed by atoms with van der Waals surface area (Å²) in [5, 5.41) is 3.91. The molecule has 0 spiro atoms. The molecule has 3 rings (SSSR count). The van der Waals surface area contributed by atoms with Gasteiger partial charge in [-0.3, -0.25) is 9.59 Å². The maximum Gasteiger partial charge on any atom is 0.228 e. The standard InChI is InChI=1S/C15H21N3O3/c1-9-13(10(2)21-16-9)8-17(3)15(20)11-6-14(19)18(7-11)12-4-5-12/h11-12H,4-8H2,1-3H3/t11-/m1/s1. The number of nitrogens with zero attached hydrogens (tertiary/aromatic N) is 3. The fourth-order valence-electron chi connectivity index (χ4n) is 2.99. The van der Waals surface area contributed by atoms with E-state index < -0.39 is 0 Å². The molecule has 1 aromatic heterocycles. The van der Waals surface area contributed by atoms with Crippen molar-refractivity contribution in [1.82, 2.24) is 15.0 Å². The third-order valence-corrected chi connectivity index (χ3v) is 4.45. The monoisotopic (exact) mass is 291 g/mol. The lowest BCUT2D eigenvalue weighted by atomic mass is 10.1. The average Bonchev–Trinajstić information content (AvgIpc) is 3.16. The van der Waals surface area contributed by atoms with Gasteiger partial charge in [-0.2, -0.15) is 0 Å². The molecule has 21 heavy (non-hydrogen) atoms. The van der Waals surface area contributed by atoms with E-state index in [1.807, 2.05) is 18.7 Å². The molecule has 1 saturated heterocycles. The second kappa shape index (κ2) is 5.16. The zero-order chi connectivity index (χ0) is 15.1. The van der Waals surface area contributed by atoms with Gasteiger partial charge in [-0.1, -0.05) is 5.16 Å². The minimum absolute atomic E-state index is 0.0338. The van der Waals surface area contributed by atoms with E-state index in [1.54, 1.807) is 11.9 Å². The van der Waals surface area contributed by atoms with Gasteiger partial charge in [0.15, 0.2) is 0 Å². The molecule has 0 aromatic carbocycles. The number of amides is 2. The Morgan fingerprint density at radius 2 is 2.14 bits per heavy atom. The predicted molar refractivity (Wildman–Crippen MR) is 75.3 cm³/mol. The third-order valence-electron chi connectivity index (χ3n) is 4.45. The smallest absolute Gasteiger partial charge is 0.228 e. The van der Waals surface area contributed by atoms with Crippen LogP contribution in [0.4, 0.5) is 0 Å². The van der Waals surface area contributed by atoms with Gasteiger partial charge in [-0.25, -0.2) is 0 Å². The van der Waals surface area contributed by atoms with Crippen molar-refractivity contribution >= 4 is 11.8 Å². The first kappa shape index (κ1) is 14.1. The van der Waals surface area contributed by atoms with Crippen LogP contribution in [0.3, 0.4) is 0 Å². The van der Waals surface area contributed by atoms with Gasteiger partial charge < -0.3 is 14.3 Å². The summed E-state index contributed by atoms with van der Waals surface area (Å²) in [6.45, 7) is 4.78. The zero-order valence-corrected chi connectivity index (χ0v) is 12.8. The average molecular weight is 291 g/mol. The van der Waals surface area contributed by atoms with Crippen molar-refractivity contribution in [2.75, 3.05) is 13.6 Å². The molecule has 6 nitrogen and oxygen atoms in total. The summed E-state index contributed by atoms with van der Waals surface area (Å²) in [4.78, 5) is 28.0. The Morgan fingerprint density at radius 3 is 2.71 bits per heavy atom. The molecule has 1 atom stereocenters. The van der Waals surface area contributed by atoms with Gasteiger partial charge in [0.25, 0.3) is 0 Å². The second-order valence-corrected chi connectivity index (χ2v) is 6.18. The van der Waals surface area contributed by atoms with Gasteiger partial charge in [0.05, 0.1) is 18.2 Å². The van der Waals surface area contributed by atoms with Gasteiger partial charge >= 0.3 is 0 Å². The molecule has 0 radical (unpaired) electrons. The molecule has 0 N–H and O–H groups in total. The van der Waals surface area contributed by atoms with Crippen LogP contribution in [0.25, 0.3) is 0 Å². The van der Waals surface area contributed by atoms with Crippen molar-refractivity contribution in [3.05, 3.63) is 17.0 Å². The van der Waals surface area contributed by atoms with E-state index in [0.717, 1.165) is 29.9 Å². The molecule has 2 amide bonds. The van der Waals surface area contributed by atoms with Crippen molar-refractivity contribution in [3.63, 3.8) is 0 Å². The highest BCUT2D eigenvalue weighted by Gasteiger charge is 2.42. The lowest BCUT2D eigenvalue weighted by molar-refractivity contribution is -0.135. The summed E-state index contributed by atoms with van der Waals surface area (Å²) in [5.41, 5.74) is 1.77. The van der Waals surface area contributed by atoms with Gasteiger partial charge in [-0.15, -0.1) is 0 Å². The van der Waals surface area contributed by atoms with Crippen LogP contribution >= 0.6 is 0 Å². The normalized spacial score (nSPS) is 22.0. The molecular weight excluding hydrogens is 270 g/mol. The Bertz CT molecular complexity index is 557. The molecule has 114 valence electrons. The highest BCUT2D eigenvalue weighted by Crippen LogP contribution is 2.33. The molecule has 0 unspecified atom stereocenters. The Morgan fingerprint density at radius 1 is 1.43 bits per heavy atom. The van der Waals surface area contributed by atoms with Gasteiger partial charge in [-0.05, 0) is 26.7 Å². The summed E-state index contributed by atoms with van der Waals surface area (Å²) in [6.07, 6.45) is 2.52. The first-order valence-electron chi connectivity index (χ1n) is 7.43. The minimum Gasteiger partial charge on any atom is -0.361 e. The molecule has 0 bridgehead atoms. The van der Waals surface area contributed by atoms with Crippen molar-refractivity contribution in [3.8, 4) is 0 Å². The number of carbonyl (C=O) groups excluding carboxylic acids is 2. The Labute approximate surface area is 124 Å². The number of hydrogen-bond acceptors (Lipinski definition) is 4. The second-order valence-electron chi connectivity index (χ2n) is 6.18. The van der Waals surface area contributed by atoms with Crippen LogP contribution in [0.1, 0.15) is 36.3 Å². The van der Waals surface area contributed by atoms with E-state index >= 15 is 0 Å². The van der Waals surface area contributed by atoms with Crippen LogP contribution in [0.15, 0.2) is 4.52 Å². The lowest BCUT2D eigenvalue weighted by Gasteiger charge is -2.21. The van der Waals surface area contributed by atoms with Gasteiger partial charge in [0.2, 0.25) is 11.8 Å². The minimum atomic E-state index is -0.205. The fraction of sp³-hybridized carbons (Fsp3) is 0.667. The van der Waals surface area contributed by atoms with Crippen molar-refractivity contribution in [2.24, 2.45) is 5.92 Å². The number of aromatic nitrogens is 1. The summed E-state index contributed by atoms with van der Waals surface area (Å²) in [5.74, 6) is 0.700. The fourth-order valence-corrected chi connectivity index (χ4v) is 2.99. The number of aryl methyl sites for hydroxylation is 2. The highest BCUT2D eigenvalue weighted by molar-refractivity contribution is 5.89. The number of likely N-dealkylation sites (tertiary alicyclic amines) is 1. The van der Waals surface area contributed by atoms with Crippen molar-refractivity contribution < 1.29 is 14.1 Å². The van der Waals surface area contributed by atoms with Crippen LogP contribution in [0.5, 0.6) is 0 Å². The molecule has 1 aromatic rings. The van der Waals surface area contributed by atoms with Crippen LogP contribution in [-0.2, 0) is 16.1 Å². The topological polar surface area (TPSA) is 66.7 Å². The van der Waals surface area contributed by atoms with E-state index in [2.05, 4.69) is 5.16 Å². The SMILES string of the molecule is Cc1noc(C)c1CN(C)C(=O)[C@@H]1CC(=O)N(C2CC2)C1. The summed E-state index contributed by atoms with van der Waals surface area (Å²) >= 11 is 0. The summed E-state index contributed by atoms with van der Waals surface area (Å²) in [6, 6.07) is 0.392. The molecule has 2 aliphatic rings. The van der Waals surface area contributed by atoms with Crippen molar-refractivity contribution in [1.29, 1.82) is 0 Å². The van der Waals surface area contributed by atoms with E-state index in [4.69, 9.17) is 4.52 Å². The Kier molecular flexibility index (Phi) is 3.47. The van der Waals surface area contributed by atoms with Crippen LogP contribution in [0, 0.1) is 19.8 Å². The maximum atomic E-state index is 12.5. The van der Waals surface area contributed by atoms with Crippen LogP contribution in [0.2, 0.25) is 0 Å². The van der Waals surface area contributed by atoms with Crippen LogP contribution < -0.4 is 0 Å². The Balaban J connectivity index is 1.64. The molecule has 2 fully saturated rings. The lowest BCUT2D eigenvalue weighted by Crippen LogP contribution is -2.35. The van der Waals surface area contributed by atoms with E-state index in [9.17, 15) is 9.59 Å². The van der Waals surface area contributed by atoms with Crippen molar-refractivity contribution in [2.45, 2.75) is 45.7 Å². The van der Waals surface area contributed by atoms with E-state index in [0.29, 0.717) is 25.6 Å². The zero-order valence-electron chi connectivity index (χ0n) is 12.8. The predicted octanol–water partition coefficient (Wildman–Crippen LogP) is 1.26. The van der Waals surface area contributed by atoms with E-state index in [1.165, 1.54) is 0 Å². The molecule has 1 saturated carbocycles. The maximum absolute atomic E-state index is 12.5. The summed E-state index contributed by atoms with van der Waals surface area (Å²) in [7, 11) is 1.78. The molecule has 6 heteroatoms. The molecular formula is C15H21N3O3. The number of rotatable bonds is 4. The largest absolute Gasteiger partial charge is 0.361 e. The van der Waals surface area contributed by atoms with Gasteiger partial charge in [0.1, 0.15) is 5.76 Å². The first-order valence-corrected chi connectivity index (χ1v) is 7.43. The highest BCUT2D eigenvalue weighted by atomic mass is 16.5. The number of hydrogen-bond donors (Lipinski definition) is 0. The Hall–Kier alpha value is -1.85. The van der Waals surface area contributed by atoms with E-state index in [-0.39, 0.29) is 17.7 Å². The number of carbonyl (C=O) groups is 2. The first-order chi connectivity index (χ1) is 9.97.